The number of thioether (sulfide) groups is 1. The lowest BCUT2D eigenvalue weighted by molar-refractivity contribution is -0.161. The van der Waals surface area contributed by atoms with Gasteiger partial charge >= 0.3 is 24.0 Å². The number of halogens is 1. The van der Waals surface area contributed by atoms with Crippen LogP contribution in [-0.2, 0) is 24.0 Å². The summed E-state index contributed by atoms with van der Waals surface area (Å²) in [4.78, 5) is 98.9. The van der Waals surface area contributed by atoms with Crippen LogP contribution in [0, 0.1) is 5.92 Å². The summed E-state index contributed by atoms with van der Waals surface area (Å²) in [6, 6.07) is 0.203. The van der Waals surface area contributed by atoms with Gasteiger partial charge in [0.2, 0.25) is 16.4 Å². The highest BCUT2D eigenvalue weighted by Crippen LogP contribution is 2.53. The van der Waals surface area contributed by atoms with Gasteiger partial charge in [0.15, 0.2) is 33.9 Å². The highest BCUT2D eigenvalue weighted by atomic mass is 35.5. The van der Waals surface area contributed by atoms with Crippen molar-refractivity contribution in [2.24, 2.45) is 21.3 Å². The number of benzene rings is 1. The summed E-state index contributed by atoms with van der Waals surface area (Å²) in [5.41, 5.74) is 5.73. The Hall–Kier alpha value is -6.01. The third-order valence-electron chi connectivity index (χ3n) is 9.07. The van der Waals surface area contributed by atoms with Crippen LogP contribution in [0.4, 0.5) is 14.7 Å². The van der Waals surface area contributed by atoms with E-state index in [-0.39, 0.29) is 59.6 Å². The highest BCUT2D eigenvalue weighted by molar-refractivity contribution is 8.02. The molecule has 0 aliphatic carbocycles. The summed E-state index contributed by atoms with van der Waals surface area (Å²) in [6.45, 7) is 3.70. The Morgan fingerprint density at radius 3 is 2.55 bits per heavy atom. The number of carboxylic acids is 2. The number of urea groups is 2. The normalized spacial score (nSPS) is 22.0. The van der Waals surface area contributed by atoms with Crippen molar-refractivity contribution in [2.45, 2.75) is 61.9 Å². The zero-order valence-electron chi connectivity index (χ0n) is 30.8. The molecule has 22 nitrogen and oxygen atoms in total. The van der Waals surface area contributed by atoms with Crippen LogP contribution in [0.25, 0.3) is 0 Å². The van der Waals surface area contributed by atoms with E-state index in [1.165, 1.54) is 30.2 Å². The van der Waals surface area contributed by atoms with Gasteiger partial charge in [-0.25, -0.2) is 34.6 Å². The number of carboxylic acid groups (broad SMARTS) is 2. The number of aliphatic carboxylic acids is 2. The maximum Gasteiger partial charge on any atom is 0.350 e. The molecule has 4 heterocycles. The molecule has 5 rings (SSSR count). The molecule has 3 saturated heterocycles. The monoisotopic (exact) mass is 864 g/mol. The van der Waals surface area contributed by atoms with Crippen LogP contribution >= 0.6 is 34.7 Å². The number of anilines is 1. The highest BCUT2D eigenvalue weighted by Gasteiger charge is 2.67. The van der Waals surface area contributed by atoms with Crippen molar-refractivity contribution in [1.29, 1.82) is 0 Å². The number of ketones is 2. The number of fused-ring (bicyclic) bond motifs is 1. The molecule has 1 unspecified atom stereocenters. The van der Waals surface area contributed by atoms with Gasteiger partial charge in [0, 0.05) is 30.3 Å². The number of thiazole rings is 1. The Kier molecular flexibility index (Phi) is 12.8. The molecule has 3 aliphatic heterocycles. The van der Waals surface area contributed by atoms with Crippen LogP contribution in [0.3, 0.4) is 0 Å². The fourth-order valence-corrected chi connectivity index (χ4v) is 8.60. The number of Topliss-reactive ketones (excluding diaryl/α,β-unsaturated/α-hetero) is 2. The number of phenols is 2. The third-order valence-corrected chi connectivity index (χ3v) is 11.8. The minimum atomic E-state index is -1.94. The number of nitrogens with one attached hydrogen (secondary N) is 2. The van der Waals surface area contributed by atoms with Crippen molar-refractivity contribution in [3.8, 4) is 11.5 Å². The van der Waals surface area contributed by atoms with Crippen molar-refractivity contribution in [2.75, 3.05) is 25.4 Å². The molecule has 58 heavy (non-hydrogen) atoms. The summed E-state index contributed by atoms with van der Waals surface area (Å²) in [5.74, 6) is -6.53. The summed E-state index contributed by atoms with van der Waals surface area (Å²) in [7, 11) is 0. The number of β-lactam (4-membered cyclic amide) rings is 1. The number of hydrogen-bond donors (Lipinski definition) is 7. The molecule has 3 fully saturated rings. The summed E-state index contributed by atoms with van der Waals surface area (Å²) >= 11 is 7.73. The van der Waals surface area contributed by atoms with Crippen molar-refractivity contribution in [3.05, 3.63) is 33.8 Å². The number of rotatable bonds is 17. The van der Waals surface area contributed by atoms with Crippen molar-refractivity contribution in [3.63, 3.8) is 0 Å². The molecule has 0 bridgehead atoms. The average Bonchev–Trinajstić information content (AvgIpc) is 3.84. The first-order chi connectivity index (χ1) is 27.3. The predicted molar refractivity (Wildman–Crippen MR) is 208 cm³/mol. The van der Waals surface area contributed by atoms with Gasteiger partial charge in [0.05, 0.1) is 47.9 Å². The van der Waals surface area contributed by atoms with E-state index < -0.39 is 87.2 Å². The van der Waals surface area contributed by atoms with Gasteiger partial charge in [-0.15, -0.1) is 11.3 Å². The number of oxime groups is 1. The van der Waals surface area contributed by atoms with Crippen molar-refractivity contribution in [1.82, 2.24) is 30.5 Å². The molecule has 1 aromatic carbocycles. The second-order valence-electron chi connectivity index (χ2n) is 13.5. The molecule has 0 spiro atoms. The number of hydrogen-bond acceptors (Lipinski definition) is 17. The van der Waals surface area contributed by atoms with Crippen LogP contribution in [-0.4, -0.2) is 141 Å². The molecule has 0 saturated carbocycles. The molecule has 3 aliphatic rings. The first-order valence-electron chi connectivity index (χ1n) is 17.2. The maximum absolute atomic E-state index is 13.6. The van der Waals surface area contributed by atoms with Crippen molar-refractivity contribution < 1.29 is 58.8 Å². The molecule has 2 aromatic rings. The fraction of sp³-hybridized carbons (Fsp3) is 0.424. The molecule has 25 heteroatoms. The number of hydrazone groups is 2. The Morgan fingerprint density at radius 2 is 1.90 bits per heavy atom. The van der Waals surface area contributed by atoms with Crippen LogP contribution in [0.1, 0.15) is 56.1 Å². The largest absolute Gasteiger partial charge is 0.504 e. The van der Waals surface area contributed by atoms with E-state index in [4.69, 9.17) is 22.2 Å². The first-order valence-corrected chi connectivity index (χ1v) is 19.3. The zero-order valence-corrected chi connectivity index (χ0v) is 33.2. The quantitative estimate of drug-likeness (QED) is 0.0297. The number of carbonyl (C=O) groups is 7. The number of nitrogen functional groups attached to an aromatic ring is 1. The van der Waals surface area contributed by atoms with E-state index in [0.717, 1.165) is 51.5 Å². The average molecular weight is 865 g/mol. The van der Waals surface area contributed by atoms with Gasteiger partial charge in [-0.1, -0.05) is 28.5 Å². The van der Waals surface area contributed by atoms with Gasteiger partial charge in [0.25, 0.3) is 0 Å². The van der Waals surface area contributed by atoms with Gasteiger partial charge in [-0.3, -0.25) is 19.3 Å². The van der Waals surface area contributed by atoms with Crippen LogP contribution < -0.4 is 16.5 Å². The van der Waals surface area contributed by atoms with E-state index >= 15 is 0 Å². The SMILES string of the molecule is C[C@H]1CN(/N=C/C=N/NC(=O)NCCCC(=O)c2ccc(O)c(O)c2Cl)C(=O)N1[C@]1(C(=O)O)CN2C(=O)C(CC(=O)/C(=N\OC(C)(C)C(=O)O)c3csc(N)n3)[C@H]2S1. The third kappa shape index (κ3) is 8.77. The molecular weight excluding hydrogens is 828 g/mol. The second kappa shape index (κ2) is 17.2. The Morgan fingerprint density at radius 1 is 1.17 bits per heavy atom. The summed E-state index contributed by atoms with van der Waals surface area (Å²) < 4.78 is 0. The number of nitrogens with two attached hydrogens (primary N) is 1. The summed E-state index contributed by atoms with van der Waals surface area (Å²) in [5, 5.41) is 54.5. The summed E-state index contributed by atoms with van der Waals surface area (Å²) in [6.07, 6.45) is 1.89. The molecule has 5 amide bonds. The number of aromatic nitrogens is 1. The molecule has 8 N–H and O–H groups in total. The van der Waals surface area contributed by atoms with Gasteiger partial charge in [0.1, 0.15) is 5.69 Å². The Labute approximate surface area is 341 Å². The topological polar surface area (TPSA) is 319 Å². The van der Waals surface area contributed by atoms with Gasteiger partial charge < -0.3 is 41.2 Å². The standard InChI is InChI=1S/C33H37ClN10O12S2/c1-15-12-43(38-10-9-37-40-30(54)36-8-4-5-19(45)16-6-7-20(46)24(48)22(16)34)31(55)44(15)33(28(52)53)14-42-25(49)17(26(42)58-33)11-21(47)23(18-13-57-29(35)39-18)41-56-32(2,3)27(50)51/h6-7,9-10,13,15,17,26,46,48H,4-5,8,11-12,14H2,1-3H3,(H2,35,39)(H,50,51)(H,52,53)(H2,36,40,54)/b37-9+,38-10+,41-23-/t15-,17?,26+,33+/m0/s1. The number of aromatic hydroxyl groups is 2. The molecule has 0 radical (unpaired) electrons. The van der Waals surface area contributed by atoms with E-state index in [2.05, 4.69) is 31.1 Å². The van der Waals surface area contributed by atoms with E-state index in [1.54, 1.807) is 6.92 Å². The molecule has 4 atom stereocenters. The minimum Gasteiger partial charge on any atom is -0.504 e. The fourth-order valence-electron chi connectivity index (χ4n) is 6.02. The van der Waals surface area contributed by atoms with E-state index in [1.807, 2.05) is 0 Å². The first kappa shape index (κ1) is 43.1. The number of carbonyl (C=O) groups excluding carboxylic acids is 5. The van der Waals surface area contributed by atoms with Gasteiger partial charge in [-0.05, 0) is 39.3 Å². The van der Waals surface area contributed by atoms with Crippen LogP contribution in [0.2, 0.25) is 5.02 Å². The van der Waals surface area contributed by atoms with Gasteiger partial charge in [-0.2, -0.15) is 10.2 Å². The zero-order chi connectivity index (χ0) is 42.7. The predicted octanol–water partition coefficient (Wildman–Crippen LogP) is 1.71. The smallest absolute Gasteiger partial charge is 0.350 e. The number of amides is 5. The Balaban J connectivity index is 1.15. The lowest BCUT2D eigenvalue weighted by Crippen LogP contribution is -2.60. The van der Waals surface area contributed by atoms with Crippen molar-refractivity contribution >= 4 is 99.4 Å². The van der Waals surface area contributed by atoms with Crippen LogP contribution in [0.5, 0.6) is 11.5 Å². The van der Waals surface area contributed by atoms with E-state index in [9.17, 15) is 54.0 Å². The van der Waals surface area contributed by atoms with E-state index in [0.29, 0.717) is 0 Å². The molecule has 1 aromatic heterocycles. The van der Waals surface area contributed by atoms with Crippen LogP contribution in [0.15, 0.2) is 32.9 Å². The number of phenolic OH excluding ortho intramolecular Hbond substituents is 2. The molecule has 310 valence electrons. The lowest BCUT2D eigenvalue weighted by atomic mass is 9.90. The second-order valence-corrected chi connectivity index (χ2v) is 16.2. The minimum absolute atomic E-state index is 0.000521. The lowest BCUT2D eigenvalue weighted by Gasteiger charge is -2.40. The number of nitrogens with zero attached hydrogens (tertiary/aromatic N) is 7. The maximum atomic E-state index is 13.6. The Bertz CT molecular complexity index is 2130. The molecular formula is C33H37ClN10O12S2.